The number of nitrogen functional groups attached to an aromatic ring is 1. The molecule has 8 N–H and O–H groups in total. The molecule has 0 radical (unpaired) electrons. The van der Waals surface area contributed by atoms with E-state index in [2.05, 4.69) is 23.8 Å². The van der Waals surface area contributed by atoms with Crippen LogP contribution in [0, 0.1) is 0 Å². The number of phosphoric acid groups is 2. The lowest BCUT2D eigenvalue weighted by atomic mass is 9.96. The summed E-state index contributed by atoms with van der Waals surface area (Å²) in [7, 11) is -10.5. The highest BCUT2D eigenvalue weighted by molar-refractivity contribution is 7.60. The number of hydrogen-bond acceptors (Lipinski definition) is 11. The van der Waals surface area contributed by atoms with Gasteiger partial charge in [-0.2, -0.15) is 9.29 Å². The van der Waals surface area contributed by atoms with Gasteiger partial charge in [0.1, 0.15) is 17.8 Å². The van der Waals surface area contributed by atoms with Crippen molar-refractivity contribution in [2.75, 3.05) is 12.3 Å². The van der Waals surface area contributed by atoms with Crippen LogP contribution in [0.3, 0.4) is 0 Å². The molecule has 5 atom stereocenters. The molecule has 1 aliphatic rings. The van der Waals surface area contributed by atoms with Gasteiger partial charge in [0.05, 0.1) is 12.9 Å². The van der Waals surface area contributed by atoms with E-state index in [1.54, 1.807) is 0 Å². The molecule has 1 saturated heterocycles. The lowest BCUT2D eigenvalue weighted by molar-refractivity contribution is -0.0949. The van der Waals surface area contributed by atoms with Crippen LogP contribution < -0.4 is 11.3 Å². The van der Waals surface area contributed by atoms with Gasteiger partial charge in [-0.3, -0.25) is 18.9 Å². The first-order chi connectivity index (χ1) is 13.2. The van der Waals surface area contributed by atoms with E-state index in [-0.39, 0.29) is 17.1 Å². The van der Waals surface area contributed by atoms with Crippen LogP contribution in [-0.2, 0) is 22.7 Å². The predicted molar refractivity (Wildman–Crippen MR) is 92.0 cm³/mol. The van der Waals surface area contributed by atoms with Crippen molar-refractivity contribution in [1.29, 1.82) is 0 Å². The van der Waals surface area contributed by atoms with Crippen molar-refractivity contribution in [2.45, 2.75) is 31.0 Å². The molecule has 0 aromatic carbocycles. The lowest BCUT2D eigenvalue weighted by Crippen LogP contribution is -2.44. The molecule has 18 heteroatoms. The maximum atomic E-state index is 11.9. The highest BCUT2D eigenvalue weighted by Gasteiger charge is 2.54. The molecule has 3 unspecified atom stereocenters. The average Bonchev–Trinajstić information content (AvgIpc) is 3.04. The summed E-state index contributed by atoms with van der Waals surface area (Å²) in [5.41, 5.74) is 2.64. The van der Waals surface area contributed by atoms with Crippen molar-refractivity contribution in [3.8, 4) is 0 Å². The van der Waals surface area contributed by atoms with E-state index in [9.17, 15) is 29.0 Å². The number of aromatic nitrogens is 4. The Kier molecular flexibility index (Phi) is 5.47. The molecule has 3 rings (SSSR count). The highest BCUT2D eigenvalue weighted by atomic mass is 31.3. The number of nitrogens with zero attached hydrogens (tertiary/aromatic N) is 3. The minimum Gasteiger partial charge on any atom is -0.387 e. The normalized spacial score (nSPS) is 29.9. The Bertz CT molecular complexity index is 1080. The molecule has 3 heterocycles. The minimum atomic E-state index is -5.33. The Hall–Kier alpha value is -1.71. The van der Waals surface area contributed by atoms with Crippen molar-refractivity contribution < 1.29 is 47.6 Å². The van der Waals surface area contributed by atoms with Crippen LogP contribution in [-0.4, -0.2) is 68.8 Å². The zero-order chi connectivity index (χ0) is 21.8. The monoisotopic (exact) mass is 457 g/mol. The quantitative estimate of drug-likeness (QED) is 0.230. The second kappa shape index (κ2) is 7.21. The van der Waals surface area contributed by atoms with Gasteiger partial charge >= 0.3 is 15.6 Å². The first-order valence-electron chi connectivity index (χ1n) is 7.74. The molecule has 1 aliphatic heterocycles. The zero-order valence-electron chi connectivity index (χ0n) is 14.5. The number of fused-ring (bicyclic) bond motifs is 1. The molecule has 0 spiro atoms. The Morgan fingerprint density at radius 3 is 2.69 bits per heavy atom. The third-order valence-electron chi connectivity index (χ3n) is 4.07. The molecular weight excluding hydrogens is 440 g/mol. The van der Waals surface area contributed by atoms with Crippen LogP contribution in [0.15, 0.2) is 11.1 Å². The summed E-state index contributed by atoms with van der Waals surface area (Å²) in [6.45, 7) is 0.291. The highest BCUT2D eigenvalue weighted by Crippen LogP contribution is 2.57. The second-order valence-electron chi connectivity index (χ2n) is 6.31. The maximum Gasteiger partial charge on any atom is 0.481 e. The van der Waals surface area contributed by atoms with Crippen molar-refractivity contribution in [2.24, 2.45) is 0 Å². The summed E-state index contributed by atoms with van der Waals surface area (Å²) < 4.78 is 36.9. The number of rotatable bonds is 6. The standard InChI is InChI=1S/C11H17N5O11P2/c1-11(19)6(17)4(2-25-29(23,24)27-28(20,21)22)26-9(11)16-3-13-5-7(16)14-10(12)15-8(5)18/h3-4,6,9,17,19H,2H2,1H3,(H,23,24)(H2,20,21,22)(H3,12,14,15,18)/t4-,6?,9-,11?/m1/s1. The Labute approximate surface area is 160 Å². The fourth-order valence-corrected chi connectivity index (χ4v) is 4.42. The molecule has 2 aromatic heterocycles. The first kappa shape index (κ1) is 22.0. The summed E-state index contributed by atoms with van der Waals surface area (Å²) >= 11 is 0. The van der Waals surface area contributed by atoms with Gasteiger partial charge in [-0.05, 0) is 6.92 Å². The number of phosphoric ester groups is 1. The molecule has 2 aromatic rings. The smallest absolute Gasteiger partial charge is 0.387 e. The number of nitrogens with one attached hydrogen (secondary N) is 1. The van der Waals surface area contributed by atoms with Crippen LogP contribution in [0.2, 0.25) is 0 Å². The van der Waals surface area contributed by atoms with E-state index in [1.807, 2.05) is 0 Å². The van der Waals surface area contributed by atoms with Crippen molar-refractivity contribution in [3.63, 3.8) is 0 Å². The van der Waals surface area contributed by atoms with E-state index in [0.717, 1.165) is 10.9 Å². The molecule has 1 fully saturated rings. The van der Waals surface area contributed by atoms with Gasteiger partial charge < -0.3 is 35.4 Å². The van der Waals surface area contributed by atoms with Crippen LogP contribution in [0.5, 0.6) is 0 Å². The van der Waals surface area contributed by atoms with Gasteiger partial charge in [0.25, 0.3) is 5.56 Å². The van der Waals surface area contributed by atoms with Crippen LogP contribution in [0.25, 0.3) is 11.2 Å². The molecule has 0 amide bonds. The number of aliphatic hydroxyl groups excluding tert-OH is 1. The number of H-pyrrole nitrogens is 1. The predicted octanol–water partition coefficient (Wildman–Crippen LogP) is -2.06. The fraction of sp³-hybridized carbons (Fsp3) is 0.545. The molecule has 0 saturated carbocycles. The van der Waals surface area contributed by atoms with E-state index in [4.69, 9.17) is 20.3 Å². The molecule has 162 valence electrons. The molecule has 0 aliphatic carbocycles. The summed E-state index contributed by atoms with van der Waals surface area (Å²) in [6.07, 6.45) is -3.41. The van der Waals surface area contributed by atoms with Crippen LogP contribution in [0.1, 0.15) is 13.2 Å². The van der Waals surface area contributed by atoms with Crippen molar-refractivity contribution >= 4 is 32.8 Å². The number of anilines is 1. The number of imidazole rings is 1. The van der Waals surface area contributed by atoms with Crippen LogP contribution >= 0.6 is 15.6 Å². The zero-order valence-corrected chi connectivity index (χ0v) is 16.3. The number of ether oxygens (including phenoxy) is 1. The number of nitrogens with two attached hydrogens (primary N) is 1. The van der Waals surface area contributed by atoms with Crippen LogP contribution in [0.4, 0.5) is 5.95 Å². The molecule has 29 heavy (non-hydrogen) atoms. The maximum absolute atomic E-state index is 11.9. The number of aromatic amines is 1. The third-order valence-corrected chi connectivity index (χ3v) is 6.22. The van der Waals surface area contributed by atoms with E-state index in [0.29, 0.717) is 0 Å². The Balaban J connectivity index is 1.85. The molecular formula is C11H17N5O11P2. The Morgan fingerprint density at radius 1 is 1.41 bits per heavy atom. The summed E-state index contributed by atoms with van der Waals surface area (Å²) in [4.78, 5) is 48.4. The van der Waals surface area contributed by atoms with Crippen molar-refractivity contribution in [1.82, 2.24) is 19.5 Å². The second-order valence-corrected chi connectivity index (χ2v) is 9.14. The van der Waals surface area contributed by atoms with E-state index >= 15 is 0 Å². The van der Waals surface area contributed by atoms with Gasteiger partial charge in [-0.15, -0.1) is 0 Å². The number of aliphatic hydroxyl groups is 2. The third kappa shape index (κ3) is 4.41. The minimum absolute atomic E-state index is 0.0667. The van der Waals surface area contributed by atoms with Gasteiger partial charge in [0.2, 0.25) is 5.95 Å². The molecule has 16 nitrogen and oxygen atoms in total. The first-order valence-corrected chi connectivity index (χ1v) is 10.8. The van der Waals surface area contributed by atoms with Gasteiger partial charge in [-0.25, -0.2) is 14.1 Å². The SMILES string of the molecule is CC1(O)C(O)[C@@H](COP(=O)(O)OP(=O)(O)O)O[C@H]1n1cnc2c(=O)[nH]c(N)nc21. The average molecular weight is 457 g/mol. The summed E-state index contributed by atoms with van der Waals surface area (Å²) in [6, 6.07) is 0. The lowest BCUT2D eigenvalue weighted by Gasteiger charge is -2.27. The fourth-order valence-electron chi connectivity index (χ4n) is 2.82. The summed E-state index contributed by atoms with van der Waals surface area (Å²) in [5, 5.41) is 21.0. The van der Waals surface area contributed by atoms with Gasteiger partial charge in [0, 0.05) is 0 Å². The Morgan fingerprint density at radius 2 is 2.07 bits per heavy atom. The summed E-state index contributed by atoms with van der Waals surface area (Å²) in [5.74, 6) is -0.238. The van der Waals surface area contributed by atoms with Gasteiger partial charge in [-0.1, -0.05) is 0 Å². The van der Waals surface area contributed by atoms with E-state index < -0.39 is 51.8 Å². The largest absolute Gasteiger partial charge is 0.481 e. The van der Waals surface area contributed by atoms with E-state index in [1.165, 1.54) is 6.92 Å². The topological polar surface area (TPSA) is 253 Å². The van der Waals surface area contributed by atoms with Gasteiger partial charge in [0.15, 0.2) is 17.4 Å². The molecule has 0 bridgehead atoms. The number of hydrogen-bond donors (Lipinski definition) is 7. The van der Waals surface area contributed by atoms with Crippen molar-refractivity contribution in [3.05, 3.63) is 16.7 Å².